The SMILES string of the molecule is CCCOc1cccc(NC2CCCS(=O)(=O)C2)c1N. The van der Waals surface area contributed by atoms with Gasteiger partial charge in [0.05, 0.1) is 29.5 Å². The second-order valence-corrected chi connectivity index (χ2v) is 7.39. The topological polar surface area (TPSA) is 81.4 Å². The molecule has 1 aromatic carbocycles. The Hall–Kier alpha value is -1.43. The highest BCUT2D eigenvalue weighted by molar-refractivity contribution is 7.91. The Bertz CT molecular complexity index is 558. The molecule has 2 rings (SSSR count). The molecule has 1 aliphatic rings. The molecule has 0 spiro atoms. The summed E-state index contributed by atoms with van der Waals surface area (Å²) >= 11 is 0. The number of nitrogens with two attached hydrogens (primary N) is 1. The maximum absolute atomic E-state index is 11.6. The predicted octanol–water partition coefficient (Wildman–Crippen LogP) is 2.05. The molecule has 0 radical (unpaired) electrons. The highest BCUT2D eigenvalue weighted by Crippen LogP contribution is 2.31. The van der Waals surface area contributed by atoms with Crippen molar-refractivity contribution in [1.82, 2.24) is 0 Å². The number of hydrogen-bond acceptors (Lipinski definition) is 5. The maximum Gasteiger partial charge on any atom is 0.152 e. The van der Waals surface area contributed by atoms with Gasteiger partial charge in [0.1, 0.15) is 5.75 Å². The lowest BCUT2D eigenvalue weighted by Crippen LogP contribution is -2.35. The van der Waals surface area contributed by atoms with Crippen LogP contribution in [-0.4, -0.2) is 32.6 Å². The van der Waals surface area contributed by atoms with E-state index in [1.807, 2.05) is 25.1 Å². The van der Waals surface area contributed by atoms with Crippen LogP contribution in [0, 0.1) is 0 Å². The van der Waals surface area contributed by atoms with Gasteiger partial charge in [0.2, 0.25) is 0 Å². The number of nitrogen functional groups attached to an aromatic ring is 1. The molecular formula is C14H22N2O3S. The van der Waals surface area contributed by atoms with Crippen molar-refractivity contribution in [3.63, 3.8) is 0 Å². The van der Waals surface area contributed by atoms with Gasteiger partial charge in [0.15, 0.2) is 9.84 Å². The number of ether oxygens (including phenoxy) is 1. The van der Waals surface area contributed by atoms with Crippen LogP contribution < -0.4 is 15.8 Å². The number of hydrogen-bond donors (Lipinski definition) is 2. The molecule has 0 saturated carbocycles. The third-order valence-electron chi connectivity index (χ3n) is 3.35. The molecule has 0 bridgehead atoms. The van der Waals surface area contributed by atoms with E-state index in [9.17, 15) is 8.42 Å². The van der Waals surface area contributed by atoms with E-state index in [1.165, 1.54) is 0 Å². The summed E-state index contributed by atoms with van der Waals surface area (Å²) in [6.07, 6.45) is 2.46. The van der Waals surface area contributed by atoms with Crippen molar-refractivity contribution in [2.75, 3.05) is 29.2 Å². The van der Waals surface area contributed by atoms with E-state index in [4.69, 9.17) is 10.5 Å². The lowest BCUT2D eigenvalue weighted by molar-refractivity contribution is 0.319. The highest BCUT2D eigenvalue weighted by atomic mass is 32.2. The first-order valence-electron chi connectivity index (χ1n) is 7.00. The summed E-state index contributed by atoms with van der Waals surface area (Å²) < 4.78 is 28.9. The minimum Gasteiger partial charge on any atom is -0.491 e. The zero-order valence-electron chi connectivity index (χ0n) is 11.8. The first-order chi connectivity index (χ1) is 9.52. The molecule has 112 valence electrons. The zero-order chi connectivity index (χ0) is 14.6. The second kappa shape index (κ2) is 6.35. The lowest BCUT2D eigenvalue weighted by atomic mass is 10.1. The molecule has 20 heavy (non-hydrogen) atoms. The third kappa shape index (κ3) is 3.79. The van der Waals surface area contributed by atoms with E-state index in [1.54, 1.807) is 0 Å². The molecule has 6 heteroatoms. The fraction of sp³-hybridized carbons (Fsp3) is 0.571. The normalized spacial score (nSPS) is 21.4. The van der Waals surface area contributed by atoms with E-state index in [2.05, 4.69) is 5.32 Å². The van der Waals surface area contributed by atoms with Crippen LogP contribution in [0.2, 0.25) is 0 Å². The van der Waals surface area contributed by atoms with Crippen LogP contribution in [-0.2, 0) is 9.84 Å². The molecule has 0 aliphatic carbocycles. The van der Waals surface area contributed by atoms with Crippen LogP contribution in [0.15, 0.2) is 18.2 Å². The molecular weight excluding hydrogens is 276 g/mol. The Labute approximate surface area is 120 Å². The molecule has 0 amide bonds. The average molecular weight is 298 g/mol. The van der Waals surface area contributed by atoms with Crippen LogP contribution in [0.1, 0.15) is 26.2 Å². The fourth-order valence-corrected chi connectivity index (χ4v) is 4.00. The van der Waals surface area contributed by atoms with Crippen LogP contribution in [0.5, 0.6) is 5.75 Å². The predicted molar refractivity (Wildman–Crippen MR) is 81.9 cm³/mol. The molecule has 1 unspecified atom stereocenters. The first-order valence-corrected chi connectivity index (χ1v) is 8.82. The standard InChI is InChI=1S/C14H22N2O3S/c1-2-8-19-13-7-3-6-12(14(13)15)16-11-5-4-9-20(17,18)10-11/h3,6-7,11,16H,2,4-5,8-10,15H2,1H3. The molecule has 0 aromatic heterocycles. The van der Waals surface area contributed by atoms with E-state index in [-0.39, 0.29) is 11.8 Å². The summed E-state index contributed by atoms with van der Waals surface area (Å²) in [5.41, 5.74) is 7.37. The Morgan fingerprint density at radius 2 is 2.25 bits per heavy atom. The molecule has 1 atom stereocenters. The number of para-hydroxylation sites is 1. The fourth-order valence-electron chi connectivity index (χ4n) is 2.36. The second-order valence-electron chi connectivity index (χ2n) is 5.16. The molecule has 1 saturated heterocycles. The van der Waals surface area contributed by atoms with Gasteiger partial charge in [-0.15, -0.1) is 0 Å². The van der Waals surface area contributed by atoms with Crippen molar-refractivity contribution in [2.45, 2.75) is 32.2 Å². The first kappa shape index (κ1) is 15.0. The van der Waals surface area contributed by atoms with Crippen molar-refractivity contribution in [3.05, 3.63) is 18.2 Å². The molecule has 1 aromatic rings. The Morgan fingerprint density at radius 1 is 1.45 bits per heavy atom. The Balaban J connectivity index is 2.09. The minimum atomic E-state index is -2.92. The molecule has 1 aliphatic heterocycles. The third-order valence-corrected chi connectivity index (χ3v) is 5.17. The van der Waals surface area contributed by atoms with E-state index in [0.29, 0.717) is 30.2 Å². The van der Waals surface area contributed by atoms with Crippen LogP contribution in [0.4, 0.5) is 11.4 Å². The summed E-state index contributed by atoms with van der Waals surface area (Å²) in [4.78, 5) is 0. The van der Waals surface area contributed by atoms with Gasteiger partial charge in [-0.05, 0) is 31.4 Å². The maximum atomic E-state index is 11.6. The monoisotopic (exact) mass is 298 g/mol. The van der Waals surface area contributed by atoms with Crippen LogP contribution >= 0.6 is 0 Å². The number of sulfone groups is 1. The summed E-state index contributed by atoms with van der Waals surface area (Å²) in [6.45, 7) is 2.65. The van der Waals surface area contributed by atoms with Crippen molar-refractivity contribution < 1.29 is 13.2 Å². The van der Waals surface area contributed by atoms with E-state index < -0.39 is 9.84 Å². The Kier molecular flexibility index (Phi) is 4.75. The van der Waals surface area contributed by atoms with Crippen LogP contribution in [0.25, 0.3) is 0 Å². The molecule has 5 nitrogen and oxygen atoms in total. The summed E-state index contributed by atoms with van der Waals surface area (Å²) in [5.74, 6) is 1.11. The summed E-state index contributed by atoms with van der Waals surface area (Å²) in [7, 11) is -2.92. The molecule has 3 N–H and O–H groups in total. The highest BCUT2D eigenvalue weighted by Gasteiger charge is 2.25. The number of benzene rings is 1. The minimum absolute atomic E-state index is 0.0718. The molecule has 1 heterocycles. The van der Waals surface area contributed by atoms with Gasteiger partial charge in [0, 0.05) is 6.04 Å². The van der Waals surface area contributed by atoms with Gasteiger partial charge in [-0.25, -0.2) is 8.42 Å². The molecule has 1 fully saturated rings. The van der Waals surface area contributed by atoms with Crippen molar-refractivity contribution in [3.8, 4) is 5.75 Å². The largest absolute Gasteiger partial charge is 0.491 e. The van der Waals surface area contributed by atoms with Crippen molar-refractivity contribution >= 4 is 21.2 Å². The number of rotatable bonds is 5. The van der Waals surface area contributed by atoms with E-state index >= 15 is 0 Å². The summed E-state index contributed by atoms with van der Waals surface area (Å²) in [5, 5.41) is 3.24. The Morgan fingerprint density at radius 3 is 2.95 bits per heavy atom. The van der Waals surface area contributed by atoms with Gasteiger partial charge >= 0.3 is 0 Å². The van der Waals surface area contributed by atoms with Gasteiger partial charge in [-0.1, -0.05) is 13.0 Å². The van der Waals surface area contributed by atoms with E-state index in [0.717, 1.165) is 18.5 Å². The van der Waals surface area contributed by atoms with Crippen molar-refractivity contribution in [1.29, 1.82) is 0 Å². The number of nitrogens with one attached hydrogen (secondary N) is 1. The van der Waals surface area contributed by atoms with Crippen molar-refractivity contribution in [2.24, 2.45) is 0 Å². The van der Waals surface area contributed by atoms with Gasteiger partial charge in [0.25, 0.3) is 0 Å². The lowest BCUT2D eigenvalue weighted by Gasteiger charge is -2.25. The quantitative estimate of drug-likeness (QED) is 0.813. The average Bonchev–Trinajstić information content (AvgIpc) is 2.39. The zero-order valence-corrected chi connectivity index (χ0v) is 12.6. The van der Waals surface area contributed by atoms with Gasteiger partial charge < -0.3 is 15.8 Å². The van der Waals surface area contributed by atoms with Gasteiger partial charge in [-0.3, -0.25) is 0 Å². The van der Waals surface area contributed by atoms with Gasteiger partial charge in [-0.2, -0.15) is 0 Å². The van der Waals surface area contributed by atoms with Crippen LogP contribution in [0.3, 0.4) is 0 Å². The smallest absolute Gasteiger partial charge is 0.152 e. The summed E-state index contributed by atoms with van der Waals surface area (Å²) in [6, 6.07) is 5.47. The number of anilines is 2.